The molecule has 3 atom stereocenters. The summed E-state index contributed by atoms with van der Waals surface area (Å²) >= 11 is 0. The van der Waals surface area contributed by atoms with Crippen LogP contribution < -0.4 is 0 Å². The number of hydrogen-bond acceptors (Lipinski definition) is 3. The summed E-state index contributed by atoms with van der Waals surface area (Å²) in [6, 6.07) is 0. The SMILES string of the molecule is CC(C)(C)OC(=O)N1CC2CC(F)(CO)C2C1. The fraction of sp³-hybridized carbons (Fsp3) is 0.917. The Bertz CT molecular complexity index is 328. The number of hydrogen-bond donors (Lipinski definition) is 1. The highest BCUT2D eigenvalue weighted by molar-refractivity contribution is 5.68. The number of carbonyl (C=O) groups excluding carboxylic acids is 1. The van der Waals surface area contributed by atoms with Crippen molar-refractivity contribution in [1.82, 2.24) is 4.90 Å². The summed E-state index contributed by atoms with van der Waals surface area (Å²) in [5, 5.41) is 8.99. The molecule has 2 fully saturated rings. The van der Waals surface area contributed by atoms with Crippen molar-refractivity contribution in [2.24, 2.45) is 11.8 Å². The van der Waals surface area contributed by atoms with Gasteiger partial charge in [-0.05, 0) is 33.1 Å². The standard InChI is InChI=1S/C12H20FNO3/c1-11(2,3)17-10(16)14-5-8-4-12(13,7-15)9(8)6-14/h8-9,15H,4-7H2,1-3H3. The average molecular weight is 245 g/mol. The monoisotopic (exact) mass is 245 g/mol. The molecule has 98 valence electrons. The van der Waals surface area contributed by atoms with Crippen molar-refractivity contribution in [3.05, 3.63) is 0 Å². The van der Waals surface area contributed by atoms with Crippen molar-refractivity contribution in [2.45, 2.75) is 38.5 Å². The van der Waals surface area contributed by atoms with Crippen molar-refractivity contribution in [3.63, 3.8) is 0 Å². The van der Waals surface area contributed by atoms with Crippen molar-refractivity contribution in [2.75, 3.05) is 19.7 Å². The van der Waals surface area contributed by atoms with Crippen LogP contribution >= 0.6 is 0 Å². The lowest BCUT2D eigenvalue weighted by Crippen LogP contribution is -2.52. The number of likely N-dealkylation sites (tertiary alicyclic amines) is 1. The summed E-state index contributed by atoms with van der Waals surface area (Å²) in [6.45, 7) is 5.88. The second-order valence-corrected chi connectivity index (χ2v) is 6.15. The van der Waals surface area contributed by atoms with Crippen molar-refractivity contribution < 1.29 is 19.0 Å². The molecule has 1 aliphatic carbocycles. The summed E-state index contributed by atoms with van der Waals surface area (Å²) in [7, 11) is 0. The quantitative estimate of drug-likeness (QED) is 0.763. The lowest BCUT2D eigenvalue weighted by atomic mass is 9.65. The van der Waals surface area contributed by atoms with Gasteiger partial charge in [0.05, 0.1) is 6.61 Å². The Hall–Kier alpha value is -0.840. The molecule has 3 unspecified atom stereocenters. The molecule has 17 heavy (non-hydrogen) atoms. The van der Waals surface area contributed by atoms with Gasteiger partial charge in [-0.25, -0.2) is 9.18 Å². The maximum Gasteiger partial charge on any atom is 0.410 e. The highest BCUT2D eigenvalue weighted by atomic mass is 19.1. The van der Waals surface area contributed by atoms with E-state index in [1.165, 1.54) is 0 Å². The molecule has 0 aromatic carbocycles. The van der Waals surface area contributed by atoms with Gasteiger partial charge in [-0.1, -0.05) is 0 Å². The van der Waals surface area contributed by atoms with Gasteiger partial charge in [0.15, 0.2) is 0 Å². The third kappa shape index (κ3) is 2.25. The second-order valence-electron chi connectivity index (χ2n) is 6.15. The lowest BCUT2D eigenvalue weighted by Gasteiger charge is -2.44. The van der Waals surface area contributed by atoms with E-state index >= 15 is 0 Å². The van der Waals surface area contributed by atoms with Crippen LogP contribution in [0.3, 0.4) is 0 Å². The molecule has 4 nitrogen and oxygen atoms in total. The summed E-state index contributed by atoms with van der Waals surface area (Å²) in [5.41, 5.74) is -2.01. The predicted octanol–water partition coefficient (Wildman–Crippen LogP) is 1.57. The minimum Gasteiger partial charge on any atom is -0.444 e. The number of halogens is 1. The molecule has 1 amide bonds. The van der Waals surface area contributed by atoms with Crippen LogP contribution in [0.2, 0.25) is 0 Å². The smallest absolute Gasteiger partial charge is 0.410 e. The topological polar surface area (TPSA) is 49.8 Å². The highest BCUT2D eigenvalue weighted by Gasteiger charge is 2.59. The van der Waals surface area contributed by atoms with E-state index in [9.17, 15) is 9.18 Å². The van der Waals surface area contributed by atoms with Gasteiger partial charge in [0, 0.05) is 19.0 Å². The van der Waals surface area contributed by atoms with Crippen LogP contribution in [0, 0.1) is 11.8 Å². The molecule has 0 aromatic rings. The molecule has 1 N–H and O–H groups in total. The van der Waals surface area contributed by atoms with Crippen LogP contribution in [0.15, 0.2) is 0 Å². The van der Waals surface area contributed by atoms with E-state index in [4.69, 9.17) is 9.84 Å². The van der Waals surface area contributed by atoms with Crippen LogP contribution in [-0.2, 0) is 4.74 Å². The number of fused-ring (bicyclic) bond motifs is 1. The Morgan fingerprint density at radius 3 is 2.71 bits per heavy atom. The molecule has 1 saturated heterocycles. The molecule has 1 heterocycles. The van der Waals surface area contributed by atoms with Gasteiger partial charge in [-0.3, -0.25) is 0 Å². The van der Waals surface area contributed by atoms with Gasteiger partial charge in [0.1, 0.15) is 11.3 Å². The van der Waals surface area contributed by atoms with E-state index in [-0.39, 0.29) is 17.9 Å². The third-order valence-electron chi connectivity index (χ3n) is 3.62. The van der Waals surface area contributed by atoms with Crippen molar-refractivity contribution >= 4 is 6.09 Å². The van der Waals surface area contributed by atoms with Crippen LogP contribution in [0.1, 0.15) is 27.2 Å². The van der Waals surface area contributed by atoms with Crippen LogP contribution in [0.5, 0.6) is 0 Å². The molecular weight excluding hydrogens is 225 g/mol. The van der Waals surface area contributed by atoms with Crippen LogP contribution in [-0.4, -0.2) is 47.1 Å². The number of nitrogens with zero attached hydrogens (tertiary/aromatic N) is 1. The zero-order chi connectivity index (χ0) is 12.8. The summed E-state index contributed by atoms with van der Waals surface area (Å²) < 4.78 is 19.2. The summed E-state index contributed by atoms with van der Waals surface area (Å²) in [6.07, 6.45) is -0.0276. The first kappa shape index (κ1) is 12.6. The second kappa shape index (κ2) is 3.83. The zero-order valence-electron chi connectivity index (χ0n) is 10.6. The Balaban J connectivity index is 1.93. The molecule has 2 aliphatic rings. The van der Waals surface area contributed by atoms with Gasteiger partial charge in [0.2, 0.25) is 0 Å². The van der Waals surface area contributed by atoms with E-state index in [0.717, 1.165) is 0 Å². The Kier molecular flexibility index (Phi) is 2.84. The molecular formula is C12H20FNO3. The number of aliphatic hydroxyl groups is 1. The molecule has 2 rings (SSSR count). The summed E-state index contributed by atoms with van der Waals surface area (Å²) in [5.74, 6) is -0.0420. The Morgan fingerprint density at radius 1 is 1.53 bits per heavy atom. The van der Waals surface area contributed by atoms with E-state index < -0.39 is 17.9 Å². The van der Waals surface area contributed by atoms with Crippen LogP contribution in [0.4, 0.5) is 9.18 Å². The first-order chi connectivity index (χ1) is 7.75. The maximum absolute atomic E-state index is 13.9. The number of ether oxygens (including phenoxy) is 1. The zero-order valence-corrected chi connectivity index (χ0v) is 10.6. The molecule has 0 aromatic heterocycles. The number of aliphatic hydroxyl groups excluding tert-OH is 1. The molecule has 0 spiro atoms. The maximum atomic E-state index is 13.9. The molecule has 1 saturated carbocycles. The number of amides is 1. The number of rotatable bonds is 1. The van der Waals surface area contributed by atoms with Gasteiger partial charge in [-0.2, -0.15) is 0 Å². The minimum absolute atomic E-state index is 0.180. The highest BCUT2D eigenvalue weighted by Crippen LogP contribution is 2.51. The van der Waals surface area contributed by atoms with Gasteiger partial charge >= 0.3 is 6.09 Å². The Labute approximate surface area is 101 Å². The lowest BCUT2D eigenvalue weighted by molar-refractivity contribution is -0.0822. The molecule has 1 aliphatic heterocycles. The normalized spacial score (nSPS) is 36.4. The van der Waals surface area contributed by atoms with Gasteiger partial charge < -0.3 is 14.7 Å². The van der Waals surface area contributed by atoms with E-state index in [2.05, 4.69) is 0 Å². The van der Waals surface area contributed by atoms with E-state index in [1.54, 1.807) is 4.90 Å². The van der Waals surface area contributed by atoms with E-state index in [0.29, 0.717) is 19.5 Å². The fourth-order valence-corrected chi connectivity index (χ4v) is 2.75. The molecule has 0 bridgehead atoms. The molecule has 0 radical (unpaired) electrons. The number of alkyl halides is 1. The minimum atomic E-state index is -1.48. The van der Waals surface area contributed by atoms with E-state index in [1.807, 2.05) is 20.8 Å². The third-order valence-corrected chi connectivity index (χ3v) is 3.62. The predicted molar refractivity (Wildman–Crippen MR) is 60.3 cm³/mol. The number of carbonyl (C=O) groups is 1. The van der Waals surface area contributed by atoms with Crippen molar-refractivity contribution in [3.8, 4) is 0 Å². The van der Waals surface area contributed by atoms with Crippen LogP contribution in [0.25, 0.3) is 0 Å². The van der Waals surface area contributed by atoms with Gasteiger partial charge in [-0.15, -0.1) is 0 Å². The fourth-order valence-electron chi connectivity index (χ4n) is 2.75. The Morgan fingerprint density at radius 2 is 2.18 bits per heavy atom. The van der Waals surface area contributed by atoms with Crippen molar-refractivity contribution in [1.29, 1.82) is 0 Å². The summed E-state index contributed by atoms with van der Waals surface area (Å²) in [4.78, 5) is 13.4. The molecule has 5 heteroatoms. The first-order valence-electron chi connectivity index (χ1n) is 6.03. The average Bonchev–Trinajstić information content (AvgIpc) is 2.53. The first-order valence-corrected chi connectivity index (χ1v) is 6.03. The largest absolute Gasteiger partial charge is 0.444 e. The van der Waals surface area contributed by atoms with Gasteiger partial charge in [0.25, 0.3) is 0 Å².